The number of aliphatic carboxylic acids is 1. The molecule has 0 aromatic carbocycles. The Hall–Kier alpha value is -1.13. The van der Waals surface area contributed by atoms with E-state index in [1.165, 1.54) is 5.57 Å². The molecule has 3 N–H and O–H groups in total. The van der Waals surface area contributed by atoms with Crippen molar-refractivity contribution in [3.05, 3.63) is 23.8 Å². The van der Waals surface area contributed by atoms with Gasteiger partial charge in [-0.1, -0.05) is 58.4 Å². The number of fused-ring (bicyclic) bond motifs is 7. The number of aliphatic hydroxyl groups is 2. The molecule has 4 heteroatoms. The van der Waals surface area contributed by atoms with E-state index in [1.807, 2.05) is 0 Å². The highest BCUT2D eigenvalue weighted by molar-refractivity contribution is 5.78. The van der Waals surface area contributed by atoms with Crippen molar-refractivity contribution in [1.82, 2.24) is 0 Å². The lowest BCUT2D eigenvalue weighted by atomic mass is 9.33. The Morgan fingerprint density at radius 2 is 1.70 bits per heavy atom. The maximum atomic E-state index is 12.7. The molecule has 0 aliphatic heterocycles. The van der Waals surface area contributed by atoms with Crippen LogP contribution in [-0.4, -0.2) is 33.5 Å². The van der Waals surface area contributed by atoms with Crippen LogP contribution >= 0.6 is 0 Å². The molecule has 9 atom stereocenters. The maximum Gasteiger partial charge on any atom is 0.312 e. The quantitative estimate of drug-likeness (QED) is 0.440. The van der Waals surface area contributed by atoms with Gasteiger partial charge in [-0.25, -0.2) is 0 Å². The van der Waals surface area contributed by atoms with Crippen molar-refractivity contribution in [2.24, 2.45) is 44.8 Å². The lowest BCUT2D eigenvalue weighted by Crippen LogP contribution is -2.67. The van der Waals surface area contributed by atoms with E-state index >= 15 is 0 Å². The fourth-order valence-corrected chi connectivity index (χ4v) is 10.3. The summed E-state index contributed by atoms with van der Waals surface area (Å²) in [5.41, 5.74) is 1.18. The molecule has 0 saturated heterocycles. The van der Waals surface area contributed by atoms with Crippen LogP contribution in [0.4, 0.5) is 0 Å². The van der Waals surface area contributed by atoms with E-state index in [9.17, 15) is 20.1 Å². The molecule has 5 aliphatic rings. The Balaban J connectivity index is 1.63. The Morgan fingerprint density at radius 3 is 2.36 bits per heavy atom. The molecule has 9 unspecified atom stereocenters. The lowest BCUT2D eigenvalue weighted by Gasteiger charge is -2.71. The largest absolute Gasteiger partial charge is 0.481 e. The molecular formula is C29H44O4. The van der Waals surface area contributed by atoms with Crippen molar-refractivity contribution in [3.8, 4) is 0 Å². The molecule has 0 bridgehead atoms. The molecule has 184 valence electrons. The van der Waals surface area contributed by atoms with Gasteiger partial charge in [-0.2, -0.15) is 0 Å². The maximum absolute atomic E-state index is 12.7. The zero-order valence-electron chi connectivity index (χ0n) is 21.3. The smallest absolute Gasteiger partial charge is 0.312 e. The molecule has 0 aromatic heterocycles. The Bertz CT molecular complexity index is 919. The summed E-state index contributed by atoms with van der Waals surface area (Å²) in [6.45, 7) is 16.0. The molecule has 0 amide bonds. The van der Waals surface area contributed by atoms with Crippen LogP contribution in [0.5, 0.6) is 0 Å². The third-order valence-corrected chi connectivity index (χ3v) is 12.5. The van der Waals surface area contributed by atoms with Gasteiger partial charge in [-0.05, 0) is 91.3 Å². The van der Waals surface area contributed by atoms with Crippen molar-refractivity contribution in [3.63, 3.8) is 0 Å². The first-order valence-corrected chi connectivity index (χ1v) is 13.2. The van der Waals surface area contributed by atoms with Gasteiger partial charge in [0.1, 0.15) is 5.41 Å². The van der Waals surface area contributed by atoms with Crippen LogP contribution in [0.2, 0.25) is 0 Å². The van der Waals surface area contributed by atoms with E-state index in [1.54, 1.807) is 0 Å². The standard InChI is InChI=1S/C29H44O4/c1-17-9-14-29(24(32)33)19(15-17)18-7-8-21-26(4)12-11-22(30)25(2,3)20(26)10-13-27(21,5)28(18,6)16-23(29)31/h7,19-23,30-31H,1,8-16H2,2-6H3,(H,32,33). The summed E-state index contributed by atoms with van der Waals surface area (Å²) >= 11 is 0. The number of aliphatic hydroxyl groups excluding tert-OH is 2. The summed E-state index contributed by atoms with van der Waals surface area (Å²) in [6, 6.07) is 0. The third kappa shape index (κ3) is 2.69. The fourth-order valence-electron chi connectivity index (χ4n) is 10.3. The van der Waals surface area contributed by atoms with E-state index in [4.69, 9.17) is 0 Å². The summed E-state index contributed by atoms with van der Waals surface area (Å²) in [6.07, 6.45) is 8.78. The van der Waals surface area contributed by atoms with Crippen LogP contribution in [0.3, 0.4) is 0 Å². The van der Waals surface area contributed by atoms with Gasteiger partial charge in [0, 0.05) is 5.92 Å². The van der Waals surface area contributed by atoms with Gasteiger partial charge in [-0.3, -0.25) is 4.79 Å². The monoisotopic (exact) mass is 456 g/mol. The SMILES string of the molecule is C=C1CCC2(C(=O)O)C(O)CC3(C)C(=CCC4C5(C)CCC(O)C(C)(C)C5CCC43C)C2C1. The van der Waals surface area contributed by atoms with E-state index in [0.717, 1.165) is 37.7 Å². The highest BCUT2D eigenvalue weighted by Crippen LogP contribution is 2.75. The van der Waals surface area contributed by atoms with Crippen LogP contribution in [0.15, 0.2) is 23.8 Å². The Labute approximate surface area is 199 Å². The number of hydrogen-bond acceptors (Lipinski definition) is 3. The van der Waals surface area contributed by atoms with Crippen LogP contribution in [0.1, 0.15) is 92.4 Å². The average molecular weight is 457 g/mol. The molecule has 0 heterocycles. The average Bonchev–Trinajstić information content (AvgIpc) is 2.71. The van der Waals surface area contributed by atoms with Crippen LogP contribution in [0, 0.1) is 44.8 Å². The van der Waals surface area contributed by atoms with E-state index < -0.39 is 17.5 Å². The van der Waals surface area contributed by atoms with Crippen molar-refractivity contribution in [2.75, 3.05) is 0 Å². The second-order valence-corrected chi connectivity index (χ2v) is 13.7. The number of allylic oxidation sites excluding steroid dienone is 3. The van der Waals surface area contributed by atoms with Crippen LogP contribution in [0.25, 0.3) is 0 Å². The second kappa shape index (κ2) is 6.97. The predicted octanol–water partition coefficient (Wildman–Crippen LogP) is 5.73. The summed E-state index contributed by atoms with van der Waals surface area (Å²) in [7, 11) is 0. The fraction of sp³-hybridized carbons (Fsp3) is 0.828. The lowest BCUT2D eigenvalue weighted by molar-refractivity contribution is -0.215. The zero-order valence-corrected chi connectivity index (χ0v) is 21.3. The highest BCUT2D eigenvalue weighted by Gasteiger charge is 2.70. The summed E-state index contributed by atoms with van der Waals surface area (Å²) in [5, 5.41) is 32.8. The van der Waals surface area contributed by atoms with Crippen molar-refractivity contribution in [1.29, 1.82) is 0 Å². The van der Waals surface area contributed by atoms with Gasteiger partial charge in [0.05, 0.1) is 12.2 Å². The minimum absolute atomic E-state index is 0.00509. The topological polar surface area (TPSA) is 77.8 Å². The van der Waals surface area contributed by atoms with Gasteiger partial charge < -0.3 is 15.3 Å². The molecule has 33 heavy (non-hydrogen) atoms. The number of rotatable bonds is 1. The molecule has 0 aromatic rings. The molecule has 0 spiro atoms. The van der Waals surface area contributed by atoms with Gasteiger partial charge in [0.15, 0.2) is 0 Å². The van der Waals surface area contributed by atoms with Gasteiger partial charge in [-0.15, -0.1) is 0 Å². The molecule has 5 rings (SSSR count). The van der Waals surface area contributed by atoms with Crippen LogP contribution in [-0.2, 0) is 4.79 Å². The number of carboxylic acid groups (broad SMARTS) is 1. The van der Waals surface area contributed by atoms with Crippen LogP contribution < -0.4 is 0 Å². The summed E-state index contributed by atoms with van der Waals surface area (Å²) < 4.78 is 0. The van der Waals surface area contributed by atoms with E-state index in [0.29, 0.717) is 37.5 Å². The molecule has 0 radical (unpaired) electrons. The molecule has 4 saturated carbocycles. The van der Waals surface area contributed by atoms with Crippen molar-refractivity contribution in [2.45, 2.75) is 105 Å². The molecule has 4 nitrogen and oxygen atoms in total. The number of carboxylic acids is 1. The first-order valence-electron chi connectivity index (χ1n) is 13.2. The number of carbonyl (C=O) groups is 1. The summed E-state index contributed by atoms with van der Waals surface area (Å²) in [5.74, 6) is -0.0357. The van der Waals surface area contributed by atoms with Crippen molar-refractivity contribution >= 4 is 5.97 Å². The molecular weight excluding hydrogens is 412 g/mol. The van der Waals surface area contributed by atoms with Gasteiger partial charge in [0.25, 0.3) is 0 Å². The Morgan fingerprint density at radius 1 is 1.00 bits per heavy atom. The first-order chi connectivity index (χ1) is 15.2. The number of hydrogen-bond donors (Lipinski definition) is 3. The van der Waals surface area contributed by atoms with Gasteiger partial charge in [0.2, 0.25) is 0 Å². The normalized spacial score (nSPS) is 53.1. The molecule has 4 fully saturated rings. The summed E-state index contributed by atoms with van der Waals surface area (Å²) in [4.78, 5) is 12.7. The second-order valence-electron chi connectivity index (χ2n) is 13.7. The van der Waals surface area contributed by atoms with E-state index in [2.05, 4.69) is 47.3 Å². The minimum atomic E-state index is -1.08. The zero-order chi connectivity index (χ0) is 24.2. The van der Waals surface area contributed by atoms with Gasteiger partial charge >= 0.3 is 5.97 Å². The predicted molar refractivity (Wildman–Crippen MR) is 129 cm³/mol. The molecule has 5 aliphatic carbocycles. The Kier molecular flexibility index (Phi) is 4.98. The minimum Gasteiger partial charge on any atom is -0.481 e. The third-order valence-electron chi connectivity index (χ3n) is 12.5. The van der Waals surface area contributed by atoms with Crippen molar-refractivity contribution < 1.29 is 20.1 Å². The highest BCUT2D eigenvalue weighted by atomic mass is 16.4. The van der Waals surface area contributed by atoms with E-state index in [-0.39, 0.29) is 33.7 Å². The first kappa shape index (κ1) is 23.6.